The maximum Gasteiger partial charge on any atom is 0.407 e. The van der Waals surface area contributed by atoms with Crippen molar-refractivity contribution >= 4 is 12.1 Å². The summed E-state index contributed by atoms with van der Waals surface area (Å²) < 4.78 is 7.13. The molecule has 158 valence electrons. The lowest BCUT2D eigenvalue weighted by Gasteiger charge is -2.19. The zero-order chi connectivity index (χ0) is 21.3. The number of aromatic nitrogens is 3. The van der Waals surface area contributed by atoms with Gasteiger partial charge in [0.2, 0.25) is 0 Å². The van der Waals surface area contributed by atoms with Crippen LogP contribution in [0.4, 0.5) is 4.79 Å². The Hall–Kier alpha value is -3.10. The van der Waals surface area contributed by atoms with Crippen molar-refractivity contribution < 1.29 is 9.53 Å². The minimum atomic E-state index is -0.487. The average Bonchev–Trinajstić information content (AvgIpc) is 3.09. The number of amides is 1. The van der Waals surface area contributed by atoms with E-state index < -0.39 is 11.7 Å². The number of nitrogens with one attached hydrogen (secondary N) is 3. The molecule has 2 aromatic heterocycles. The van der Waals surface area contributed by atoms with E-state index >= 15 is 0 Å². The van der Waals surface area contributed by atoms with Gasteiger partial charge >= 0.3 is 6.09 Å². The normalized spacial score (nSPS) is 11.8. The lowest BCUT2D eigenvalue weighted by atomic mass is 10.2. The van der Waals surface area contributed by atoms with Crippen LogP contribution in [0.3, 0.4) is 0 Å². The number of nitrogens with zero attached hydrogens (tertiary/aromatic N) is 4. The number of carbonyl (C=O) groups is 1. The summed E-state index contributed by atoms with van der Waals surface area (Å²) in [5.74, 6) is 2.43. The van der Waals surface area contributed by atoms with Crippen LogP contribution in [-0.2, 0) is 11.3 Å². The Bertz CT molecular complexity index is 807. The van der Waals surface area contributed by atoms with E-state index in [4.69, 9.17) is 4.74 Å². The highest BCUT2D eigenvalue weighted by molar-refractivity contribution is 5.79. The van der Waals surface area contributed by atoms with E-state index in [2.05, 4.69) is 30.9 Å². The highest BCUT2D eigenvalue weighted by Gasteiger charge is 2.15. The van der Waals surface area contributed by atoms with Crippen molar-refractivity contribution in [3.63, 3.8) is 0 Å². The van der Waals surface area contributed by atoms with Gasteiger partial charge in [0.25, 0.3) is 0 Å². The van der Waals surface area contributed by atoms with Crippen LogP contribution in [0.25, 0.3) is 5.82 Å². The molecule has 0 aromatic carbocycles. The molecule has 9 nitrogen and oxygen atoms in total. The summed E-state index contributed by atoms with van der Waals surface area (Å²) in [6.07, 6.45) is 5.83. The highest BCUT2D eigenvalue weighted by Crippen LogP contribution is 2.08. The fraction of sp³-hybridized carbons (Fsp3) is 0.500. The summed E-state index contributed by atoms with van der Waals surface area (Å²) in [6, 6.07) is 3.98. The molecule has 0 atom stereocenters. The second kappa shape index (κ2) is 10.4. The van der Waals surface area contributed by atoms with Gasteiger partial charge in [-0.1, -0.05) is 6.07 Å². The van der Waals surface area contributed by atoms with E-state index in [1.54, 1.807) is 13.2 Å². The molecule has 0 bridgehead atoms. The number of carbonyl (C=O) groups excluding carboxylic acids is 1. The van der Waals surface area contributed by atoms with E-state index in [1.165, 1.54) is 0 Å². The van der Waals surface area contributed by atoms with Crippen molar-refractivity contribution in [2.75, 3.05) is 20.1 Å². The summed E-state index contributed by atoms with van der Waals surface area (Å²) in [4.78, 5) is 24.5. The standard InChI is InChI=1S/C20H31N7O2/c1-15-22-11-12-27(15)17-8-7-16(13-25-17)14-26-18(21-5)23-9-6-10-24-19(28)29-20(2,3)4/h7-8,11-13H,6,9-10,14H2,1-5H3,(H,24,28)(H2,21,23,26). The van der Waals surface area contributed by atoms with Crippen molar-refractivity contribution in [1.82, 2.24) is 30.5 Å². The van der Waals surface area contributed by atoms with Gasteiger partial charge in [-0.15, -0.1) is 0 Å². The largest absolute Gasteiger partial charge is 0.444 e. The van der Waals surface area contributed by atoms with Gasteiger partial charge in [0.05, 0.1) is 0 Å². The van der Waals surface area contributed by atoms with Gasteiger partial charge in [-0.05, 0) is 45.7 Å². The molecule has 2 heterocycles. The van der Waals surface area contributed by atoms with Gasteiger partial charge < -0.3 is 20.7 Å². The zero-order valence-corrected chi connectivity index (χ0v) is 17.8. The van der Waals surface area contributed by atoms with Crippen LogP contribution < -0.4 is 16.0 Å². The smallest absolute Gasteiger partial charge is 0.407 e. The number of imidazole rings is 1. The Morgan fingerprint density at radius 3 is 2.52 bits per heavy atom. The summed E-state index contributed by atoms with van der Waals surface area (Å²) in [6.45, 7) is 9.26. The lowest BCUT2D eigenvalue weighted by Crippen LogP contribution is -2.39. The van der Waals surface area contributed by atoms with E-state index in [-0.39, 0.29) is 0 Å². The number of hydrogen-bond donors (Lipinski definition) is 3. The second-order valence-electron chi connectivity index (χ2n) is 7.50. The molecule has 29 heavy (non-hydrogen) atoms. The van der Waals surface area contributed by atoms with Crippen LogP contribution >= 0.6 is 0 Å². The third-order valence-corrected chi connectivity index (χ3v) is 3.88. The molecule has 1 amide bonds. The van der Waals surface area contributed by atoms with Crippen molar-refractivity contribution in [1.29, 1.82) is 0 Å². The summed E-state index contributed by atoms with van der Waals surface area (Å²) in [5, 5.41) is 9.20. The Balaban J connectivity index is 1.69. The number of pyridine rings is 1. The molecular weight excluding hydrogens is 370 g/mol. The predicted octanol–water partition coefficient (Wildman–Crippen LogP) is 2.16. The number of rotatable bonds is 7. The van der Waals surface area contributed by atoms with Crippen molar-refractivity contribution in [3.05, 3.63) is 42.1 Å². The number of alkyl carbamates (subject to hydrolysis) is 1. The maximum atomic E-state index is 11.6. The molecule has 0 aliphatic carbocycles. The minimum Gasteiger partial charge on any atom is -0.444 e. The predicted molar refractivity (Wildman–Crippen MR) is 113 cm³/mol. The molecule has 3 N–H and O–H groups in total. The minimum absolute atomic E-state index is 0.401. The lowest BCUT2D eigenvalue weighted by molar-refractivity contribution is 0.0527. The van der Waals surface area contributed by atoms with Crippen LogP contribution in [0.2, 0.25) is 0 Å². The Kier molecular flexibility index (Phi) is 7.99. The molecule has 0 unspecified atom stereocenters. The van der Waals surface area contributed by atoms with E-state index in [0.29, 0.717) is 25.6 Å². The number of aliphatic imine (C=N–C) groups is 1. The first-order valence-electron chi connectivity index (χ1n) is 9.65. The van der Waals surface area contributed by atoms with Crippen molar-refractivity contribution in [2.24, 2.45) is 4.99 Å². The van der Waals surface area contributed by atoms with Gasteiger partial charge in [0.1, 0.15) is 17.2 Å². The first-order valence-corrected chi connectivity index (χ1v) is 9.65. The summed E-state index contributed by atoms with van der Waals surface area (Å²) >= 11 is 0. The van der Waals surface area contributed by atoms with Gasteiger partial charge in [0.15, 0.2) is 5.96 Å². The second-order valence-corrected chi connectivity index (χ2v) is 7.50. The van der Waals surface area contributed by atoms with Gasteiger partial charge in [0, 0.05) is 45.3 Å². The van der Waals surface area contributed by atoms with Gasteiger partial charge in [-0.3, -0.25) is 9.56 Å². The Labute approximate surface area is 172 Å². The number of ether oxygens (including phenoxy) is 1. The first kappa shape index (κ1) is 22.2. The molecule has 2 aromatic rings. The van der Waals surface area contributed by atoms with Crippen LogP contribution in [0.5, 0.6) is 0 Å². The molecule has 0 radical (unpaired) electrons. The first-order chi connectivity index (χ1) is 13.8. The Morgan fingerprint density at radius 1 is 1.17 bits per heavy atom. The molecule has 0 aliphatic rings. The quantitative estimate of drug-likeness (QED) is 0.373. The Morgan fingerprint density at radius 2 is 1.93 bits per heavy atom. The summed E-state index contributed by atoms with van der Waals surface area (Å²) in [5.41, 5.74) is 0.555. The molecule has 0 aliphatic heterocycles. The number of guanidine groups is 1. The van der Waals surface area contributed by atoms with Crippen molar-refractivity contribution in [2.45, 2.75) is 46.3 Å². The monoisotopic (exact) mass is 401 g/mol. The third-order valence-electron chi connectivity index (χ3n) is 3.88. The number of aryl methyl sites for hydroxylation is 1. The molecule has 0 saturated carbocycles. The van der Waals surface area contributed by atoms with Crippen LogP contribution in [0, 0.1) is 6.92 Å². The van der Waals surface area contributed by atoms with Crippen molar-refractivity contribution in [3.8, 4) is 5.82 Å². The third kappa shape index (κ3) is 7.81. The van der Waals surface area contributed by atoms with Crippen LogP contribution in [0.1, 0.15) is 38.6 Å². The number of hydrogen-bond acceptors (Lipinski definition) is 5. The topological polar surface area (TPSA) is 105 Å². The van der Waals surface area contributed by atoms with E-state index in [0.717, 1.165) is 23.6 Å². The van der Waals surface area contributed by atoms with Gasteiger partial charge in [-0.2, -0.15) is 0 Å². The van der Waals surface area contributed by atoms with Crippen LogP contribution in [0.15, 0.2) is 35.7 Å². The molecule has 0 fully saturated rings. The van der Waals surface area contributed by atoms with E-state index in [1.807, 2.05) is 56.8 Å². The van der Waals surface area contributed by atoms with Gasteiger partial charge in [-0.25, -0.2) is 14.8 Å². The van der Waals surface area contributed by atoms with Crippen LogP contribution in [-0.4, -0.2) is 52.3 Å². The molecule has 9 heteroatoms. The fourth-order valence-corrected chi connectivity index (χ4v) is 2.49. The fourth-order valence-electron chi connectivity index (χ4n) is 2.49. The molecule has 2 rings (SSSR count). The molecular formula is C20H31N7O2. The zero-order valence-electron chi connectivity index (χ0n) is 17.8. The molecule has 0 saturated heterocycles. The maximum absolute atomic E-state index is 11.6. The van der Waals surface area contributed by atoms with E-state index in [9.17, 15) is 4.79 Å². The molecule has 0 spiro atoms. The summed E-state index contributed by atoms with van der Waals surface area (Å²) in [7, 11) is 1.72. The SMILES string of the molecule is CN=C(NCCCNC(=O)OC(C)(C)C)NCc1ccc(-n2ccnc2C)nc1. The average molecular weight is 402 g/mol. The highest BCUT2D eigenvalue weighted by atomic mass is 16.6.